The second-order valence-electron chi connectivity index (χ2n) is 6.06. The van der Waals surface area contributed by atoms with Gasteiger partial charge in [-0.25, -0.2) is 9.97 Å². The SMILES string of the molecule is O=C(O)[C@@H]1CC[C@@](O)(C#Cc2ncccn2)C[C@H]1c1ccccc1. The van der Waals surface area contributed by atoms with Crippen molar-refractivity contribution < 1.29 is 15.0 Å². The molecule has 1 aromatic heterocycles. The molecule has 1 fully saturated rings. The van der Waals surface area contributed by atoms with Crippen molar-refractivity contribution in [1.82, 2.24) is 9.97 Å². The van der Waals surface area contributed by atoms with Crippen LogP contribution in [-0.4, -0.2) is 31.8 Å². The van der Waals surface area contributed by atoms with Crippen LogP contribution in [0, 0.1) is 17.8 Å². The number of nitrogens with zero attached hydrogens (tertiary/aromatic N) is 2. The molecule has 0 unspecified atom stereocenters. The molecule has 3 rings (SSSR count). The monoisotopic (exact) mass is 322 g/mol. The van der Waals surface area contributed by atoms with Crippen molar-refractivity contribution in [3.8, 4) is 11.8 Å². The first kappa shape index (κ1) is 16.2. The number of carboxylic acids is 1. The molecule has 0 bridgehead atoms. The van der Waals surface area contributed by atoms with Crippen LogP contribution < -0.4 is 0 Å². The summed E-state index contributed by atoms with van der Waals surface area (Å²) in [5, 5.41) is 20.4. The standard InChI is InChI=1S/C19H18N2O3/c22-18(23)15-7-9-19(24,10-8-17-20-11-4-12-21-17)13-16(15)14-5-2-1-3-6-14/h1-6,11-12,15-16,24H,7,9,13H2,(H,22,23)/t15-,16+,19-/m1/s1. The maximum Gasteiger partial charge on any atom is 0.307 e. The van der Waals surface area contributed by atoms with E-state index in [-0.39, 0.29) is 12.3 Å². The third kappa shape index (κ3) is 3.61. The van der Waals surface area contributed by atoms with E-state index in [1.54, 1.807) is 18.5 Å². The highest BCUT2D eigenvalue weighted by atomic mass is 16.4. The minimum Gasteiger partial charge on any atom is -0.481 e. The van der Waals surface area contributed by atoms with Crippen LogP contribution in [0.1, 0.15) is 36.6 Å². The van der Waals surface area contributed by atoms with Gasteiger partial charge in [0.15, 0.2) is 0 Å². The third-order valence-corrected chi connectivity index (χ3v) is 4.43. The average Bonchev–Trinajstić information content (AvgIpc) is 2.61. The number of carboxylic acid groups (broad SMARTS) is 1. The molecule has 0 amide bonds. The molecule has 0 saturated heterocycles. The first-order valence-corrected chi connectivity index (χ1v) is 7.88. The van der Waals surface area contributed by atoms with E-state index >= 15 is 0 Å². The third-order valence-electron chi connectivity index (χ3n) is 4.43. The lowest BCUT2D eigenvalue weighted by molar-refractivity contribution is -0.145. The Morgan fingerprint density at radius 3 is 2.54 bits per heavy atom. The topological polar surface area (TPSA) is 83.3 Å². The van der Waals surface area contributed by atoms with Crippen LogP contribution in [0.3, 0.4) is 0 Å². The average molecular weight is 322 g/mol. The molecular formula is C19H18N2O3. The van der Waals surface area contributed by atoms with Gasteiger partial charge >= 0.3 is 5.97 Å². The van der Waals surface area contributed by atoms with Crippen LogP contribution >= 0.6 is 0 Å². The smallest absolute Gasteiger partial charge is 0.307 e. The van der Waals surface area contributed by atoms with E-state index < -0.39 is 17.5 Å². The highest BCUT2D eigenvalue weighted by Gasteiger charge is 2.42. The quantitative estimate of drug-likeness (QED) is 0.829. The number of hydrogen-bond acceptors (Lipinski definition) is 4. The van der Waals surface area contributed by atoms with Crippen LogP contribution in [0.5, 0.6) is 0 Å². The van der Waals surface area contributed by atoms with Gasteiger partial charge < -0.3 is 10.2 Å². The number of rotatable bonds is 2. The van der Waals surface area contributed by atoms with Gasteiger partial charge in [-0.05, 0) is 36.8 Å². The van der Waals surface area contributed by atoms with Crippen molar-refractivity contribution in [2.24, 2.45) is 5.92 Å². The summed E-state index contributed by atoms with van der Waals surface area (Å²) in [5.41, 5.74) is -0.313. The van der Waals surface area contributed by atoms with E-state index in [9.17, 15) is 15.0 Å². The van der Waals surface area contributed by atoms with E-state index in [2.05, 4.69) is 21.8 Å². The Kier molecular flexibility index (Phi) is 4.59. The van der Waals surface area contributed by atoms with E-state index in [1.165, 1.54) is 0 Å². The second-order valence-corrected chi connectivity index (χ2v) is 6.06. The van der Waals surface area contributed by atoms with Crippen molar-refractivity contribution in [2.75, 3.05) is 0 Å². The Bertz CT molecular complexity index is 767. The van der Waals surface area contributed by atoms with Crippen molar-refractivity contribution in [2.45, 2.75) is 30.8 Å². The molecule has 24 heavy (non-hydrogen) atoms. The maximum absolute atomic E-state index is 11.6. The zero-order chi connectivity index (χ0) is 17.0. The summed E-state index contributed by atoms with van der Waals surface area (Å²) >= 11 is 0. The zero-order valence-electron chi connectivity index (χ0n) is 13.1. The molecule has 0 radical (unpaired) electrons. The minimum atomic E-state index is -1.23. The number of aliphatic hydroxyl groups is 1. The van der Waals surface area contributed by atoms with Crippen molar-refractivity contribution in [1.29, 1.82) is 0 Å². The van der Waals surface area contributed by atoms with Gasteiger partial charge in [-0.3, -0.25) is 4.79 Å². The van der Waals surface area contributed by atoms with Crippen LogP contribution in [0.15, 0.2) is 48.8 Å². The molecule has 2 aromatic rings. The summed E-state index contributed by atoms with van der Waals surface area (Å²) in [6.45, 7) is 0. The fraction of sp³-hybridized carbons (Fsp3) is 0.316. The number of hydrogen-bond donors (Lipinski definition) is 2. The second kappa shape index (κ2) is 6.81. The van der Waals surface area contributed by atoms with E-state index in [0.29, 0.717) is 18.7 Å². The summed E-state index contributed by atoms with van der Waals surface area (Å²) in [6.07, 6.45) is 4.18. The van der Waals surface area contributed by atoms with Gasteiger partial charge in [-0.15, -0.1) is 0 Å². The fourth-order valence-electron chi connectivity index (χ4n) is 3.20. The van der Waals surface area contributed by atoms with E-state index in [4.69, 9.17) is 0 Å². The molecule has 2 N–H and O–H groups in total. The molecule has 5 nitrogen and oxygen atoms in total. The predicted molar refractivity (Wildman–Crippen MR) is 88.0 cm³/mol. The summed E-state index contributed by atoms with van der Waals surface area (Å²) in [6, 6.07) is 11.2. The first-order valence-electron chi connectivity index (χ1n) is 7.88. The lowest BCUT2D eigenvalue weighted by atomic mass is 9.69. The molecule has 1 heterocycles. The Morgan fingerprint density at radius 1 is 1.17 bits per heavy atom. The maximum atomic E-state index is 11.6. The van der Waals surface area contributed by atoms with Gasteiger partial charge in [0.25, 0.3) is 0 Å². The molecular weight excluding hydrogens is 304 g/mol. The van der Waals surface area contributed by atoms with Gasteiger partial charge in [-0.1, -0.05) is 36.3 Å². The predicted octanol–water partition coefficient (Wildman–Crippen LogP) is 2.23. The molecule has 1 aliphatic rings. The van der Waals surface area contributed by atoms with Gasteiger partial charge in [-0.2, -0.15) is 0 Å². The highest BCUT2D eigenvalue weighted by molar-refractivity contribution is 5.71. The van der Waals surface area contributed by atoms with Gasteiger partial charge in [0.05, 0.1) is 5.92 Å². The Labute approximate surface area is 140 Å². The lowest BCUT2D eigenvalue weighted by Crippen LogP contribution is -2.39. The van der Waals surface area contributed by atoms with Crippen molar-refractivity contribution >= 4 is 5.97 Å². The molecule has 3 atom stereocenters. The Hall–Kier alpha value is -2.71. The molecule has 0 spiro atoms. The highest BCUT2D eigenvalue weighted by Crippen LogP contribution is 2.42. The summed E-state index contributed by atoms with van der Waals surface area (Å²) in [5.74, 6) is 4.40. The fourth-order valence-corrected chi connectivity index (χ4v) is 3.20. The number of carbonyl (C=O) groups is 1. The number of aliphatic carboxylic acids is 1. The van der Waals surface area contributed by atoms with E-state index in [1.807, 2.05) is 30.3 Å². The van der Waals surface area contributed by atoms with Crippen molar-refractivity contribution in [3.05, 3.63) is 60.2 Å². The van der Waals surface area contributed by atoms with Gasteiger partial charge in [0.1, 0.15) is 5.60 Å². The van der Waals surface area contributed by atoms with Crippen molar-refractivity contribution in [3.63, 3.8) is 0 Å². The normalized spacial score (nSPS) is 26.2. The number of benzene rings is 1. The van der Waals surface area contributed by atoms with Crippen LogP contribution in [0.2, 0.25) is 0 Å². The lowest BCUT2D eigenvalue weighted by Gasteiger charge is -2.37. The van der Waals surface area contributed by atoms with Crippen LogP contribution in [-0.2, 0) is 4.79 Å². The molecule has 1 saturated carbocycles. The largest absolute Gasteiger partial charge is 0.481 e. The first-order chi connectivity index (χ1) is 11.6. The summed E-state index contributed by atoms with van der Waals surface area (Å²) in [7, 11) is 0. The molecule has 1 aromatic carbocycles. The summed E-state index contributed by atoms with van der Waals surface area (Å²) < 4.78 is 0. The minimum absolute atomic E-state index is 0.270. The molecule has 1 aliphatic carbocycles. The van der Waals surface area contributed by atoms with Gasteiger partial charge in [0.2, 0.25) is 5.82 Å². The summed E-state index contributed by atoms with van der Waals surface area (Å²) in [4.78, 5) is 19.6. The molecule has 122 valence electrons. The Morgan fingerprint density at radius 2 is 1.88 bits per heavy atom. The van der Waals surface area contributed by atoms with Gasteiger partial charge in [0, 0.05) is 18.3 Å². The zero-order valence-corrected chi connectivity index (χ0v) is 13.1. The molecule has 5 heteroatoms. The van der Waals surface area contributed by atoms with E-state index in [0.717, 1.165) is 5.56 Å². The number of aromatic nitrogens is 2. The van der Waals surface area contributed by atoms with Crippen LogP contribution in [0.25, 0.3) is 0 Å². The van der Waals surface area contributed by atoms with Crippen LogP contribution in [0.4, 0.5) is 0 Å². The Balaban J connectivity index is 1.87. The molecule has 0 aliphatic heterocycles.